The van der Waals surface area contributed by atoms with Gasteiger partial charge in [-0.2, -0.15) is 0 Å². The number of nitrogens with one attached hydrogen (secondary N) is 1. The SMILES string of the molecule is Cc1ccc(NC(=O)Cc2ccncc2)cc1Br. The van der Waals surface area contributed by atoms with Crippen LogP contribution in [0.1, 0.15) is 11.1 Å². The molecule has 0 aliphatic rings. The first-order chi connectivity index (χ1) is 8.65. The van der Waals surface area contributed by atoms with Crippen molar-refractivity contribution in [1.82, 2.24) is 4.98 Å². The summed E-state index contributed by atoms with van der Waals surface area (Å²) in [4.78, 5) is 15.8. The highest BCUT2D eigenvalue weighted by Gasteiger charge is 2.04. The van der Waals surface area contributed by atoms with E-state index in [1.807, 2.05) is 37.3 Å². The van der Waals surface area contributed by atoms with Crippen LogP contribution in [0.2, 0.25) is 0 Å². The Morgan fingerprint density at radius 2 is 2.00 bits per heavy atom. The average molecular weight is 305 g/mol. The van der Waals surface area contributed by atoms with Crippen molar-refractivity contribution in [2.45, 2.75) is 13.3 Å². The topological polar surface area (TPSA) is 42.0 Å². The van der Waals surface area contributed by atoms with E-state index in [9.17, 15) is 4.79 Å². The molecule has 1 heterocycles. The minimum atomic E-state index is -0.0306. The van der Waals surface area contributed by atoms with E-state index in [2.05, 4.69) is 26.2 Å². The summed E-state index contributed by atoms with van der Waals surface area (Å²) >= 11 is 3.44. The normalized spacial score (nSPS) is 10.1. The molecule has 3 nitrogen and oxygen atoms in total. The van der Waals surface area contributed by atoms with Crippen LogP contribution in [0.5, 0.6) is 0 Å². The molecular formula is C14H13BrN2O. The van der Waals surface area contributed by atoms with E-state index in [1.54, 1.807) is 12.4 Å². The van der Waals surface area contributed by atoms with Gasteiger partial charge in [-0.15, -0.1) is 0 Å². The quantitative estimate of drug-likeness (QED) is 0.945. The third kappa shape index (κ3) is 3.40. The second kappa shape index (κ2) is 5.78. The molecule has 0 atom stereocenters. The molecule has 0 fully saturated rings. The highest BCUT2D eigenvalue weighted by Crippen LogP contribution is 2.20. The van der Waals surface area contributed by atoms with Gasteiger partial charge in [0.25, 0.3) is 0 Å². The fourth-order valence-corrected chi connectivity index (χ4v) is 1.94. The molecule has 0 aliphatic heterocycles. The predicted molar refractivity (Wildman–Crippen MR) is 75.4 cm³/mol. The molecule has 18 heavy (non-hydrogen) atoms. The summed E-state index contributed by atoms with van der Waals surface area (Å²) in [6.45, 7) is 2.01. The van der Waals surface area contributed by atoms with Crippen molar-refractivity contribution in [2.75, 3.05) is 5.32 Å². The summed E-state index contributed by atoms with van der Waals surface area (Å²) in [6.07, 6.45) is 3.73. The first-order valence-corrected chi connectivity index (χ1v) is 6.39. The van der Waals surface area contributed by atoms with Gasteiger partial charge in [-0.25, -0.2) is 0 Å². The largest absolute Gasteiger partial charge is 0.326 e. The maximum Gasteiger partial charge on any atom is 0.228 e. The molecule has 2 aromatic rings. The fraction of sp³-hybridized carbons (Fsp3) is 0.143. The van der Waals surface area contributed by atoms with E-state index in [0.717, 1.165) is 21.3 Å². The predicted octanol–water partition coefficient (Wildman–Crippen LogP) is 3.33. The third-order valence-electron chi connectivity index (χ3n) is 2.57. The van der Waals surface area contributed by atoms with Gasteiger partial charge in [0.05, 0.1) is 6.42 Å². The van der Waals surface area contributed by atoms with Crippen LogP contribution in [0.15, 0.2) is 47.2 Å². The highest BCUT2D eigenvalue weighted by molar-refractivity contribution is 9.10. The molecule has 0 spiro atoms. The molecule has 92 valence electrons. The van der Waals surface area contributed by atoms with Gasteiger partial charge in [-0.1, -0.05) is 22.0 Å². The van der Waals surface area contributed by atoms with Crippen molar-refractivity contribution in [3.05, 3.63) is 58.3 Å². The van der Waals surface area contributed by atoms with Gasteiger partial charge in [-0.05, 0) is 42.3 Å². The van der Waals surface area contributed by atoms with Crippen molar-refractivity contribution in [3.63, 3.8) is 0 Å². The van der Waals surface area contributed by atoms with E-state index >= 15 is 0 Å². The Balaban J connectivity index is 2.01. The molecular weight excluding hydrogens is 292 g/mol. The summed E-state index contributed by atoms with van der Waals surface area (Å²) in [5.41, 5.74) is 2.89. The van der Waals surface area contributed by atoms with Gasteiger partial charge in [0.15, 0.2) is 0 Å². The number of carbonyl (C=O) groups is 1. The van der Waals surface area contributed by atoms with Crippen LogP contribution < -0.4 is 5.32 Å². The van der Waals surface area contributed by atoms with Gasteiger partial charge in [0, 0.05) is 22.6 Å². The molecule has 0 unspecified atom stereocenters. The minimum absolute atomic E-state index is 0.0306. The van der Waals surface area contributed by atoms with Crippen LogP contribution in [0.4, 0.5) is 5.69 Å². The third-order valence-corrected chi connectivity index (χ3v) is 3.42. The number of hydrogen-bond donors (Lipinski definition) is 1. The summed E-state index contributed by atoms with van der Waals surface area (Å²) < 4.78 is 0.990. The zero-order valence-electron chi connectivity index (χ0n) is 9.98. The highest BCUT2D eigenvalue weighted by atomic mass is 79.9. The van der Waals surface area contributed by atoms with Crippen molar-refractivity contribution in [3.8, 4) is 0 Å². The smallest absolute Gasteiger partial charge is 0.228 e. The number of carbonyl (C=O) groups excluding carboxylic acids is 1. The number of anilines is 1. The molecule has 0 saturated carbocycles. The van der Waals surface area contributed by atoms with Gasteiger partial charge in [0.1, 0.15) is 0 Å². The number of halogens is 1. The van der Waals surface area contributed by atoms with Crippen LogP contribution in [0.25, 0.3) is 0 Å². The molecule has 0 bridgehead atoms. The Morgan fingerprint density at radius 1 is 1.28 bits per heavy atom. The first kappa shape index (κ1) is 12.8. The minimum Gasteiger partial charge on any atom is -0.326 e. The van der Waals surface area contributed by atoms with Gasteiger partial charge in [-0.3, -0.25) is 9.78 Å². The molecule has 1 aromatic heterocycles. The lowest BCUT2D eigenvalue weighted by molar-refractivity contribution is -0.115. The molecule has 4 heteroatoms. The number of rotatable bonds is 3. The zero-order valence-corrected chi connectivity index (χ0v) is 11.6. The van der Waals surface area contributed by atoms with Crippen molar-refractivity contribution < 1.29 is 4.79 Å². The van der Waals surface area contributed by atoms with Crippen molar-refractivity contribution in [1.29, 1.82) is 0 Å². The number of aromatic nitrogens is 1. The Bertz CT molecular complexity index is 555. The number of pyridine rings is 1. The second-order valence-corrected chi connectivity index (χ2v) is 4.90. The van der Waals surface area contributed by atoms with Crippen LogP contribution in [0, 0.1) is 6.92 Å². The number of amides is 1. The van der Waals surface area contributed by atoms with Crippen molar-refractivity contribution >= 4 is 27.5 Å². The van der Waals surface area contributed by atoms with E-state index < -0.39 is 0 Å². The van der Waals surface area contributed by atoms with Crippen LogP contribution >= 0.6 is 15.9 Å². The lowest BCUT2D eigenvalue weighted by Gasteiger charge is -2.07. The number of hydrogen-bond acceptors (Lipinski definition) is 2. The summed E-state index contributed by atoms with van der Waals surface area (Å²) in [7, 11) is 0. The molecule has 0 aliphatic carbocycles. The Morgan fingerprint density at radius 3 is 2.67 bits per heavy atom. The monoisotopic (exact) mass is 304 g/mol. The fourth-order valence-electron chi connectivity index (χ4n) is 1.56. The first-order valence-electron chi connectivity index (χ1n) is 5.60. The summed E-state index contributed by atoms with van der Waals surface area (Å²) in [6, 6.07) is 9.44. The van der Waals surface area contributed by atoms with Crippen molar-refractivity contribution in [2.24, 2.45) is 0 Å². The van der Waals surface area contributed by atoms with Crippen LogP contribution in [-0.4, -0.2) is 10.9 Å². The molecule has 1 N–H and O–H groups in total. The van der Waals surface area contributed by atoms with Crippen LogP contribution in [0.3, 0.4) is 0 Å². The average Bonchev–Trinajstić information content (AvgIpc) is 2.35. The van der Waals surface area contributed by atoms with Gasteiger partial charge in [0.2, 0.25) is 5.91 Å². The maximum absolute atomic E-state index is 11.8. The summed E-state index contributed by atoms with van der Waals surface area (Å²) in [5, 5.41) is 2.87. The molecule has 1 amide bonds. The second-order valence-electron chi connectivity index (χ2n) is 4.04. The van der Waals surface area contributed by atoms with E-state index in [1.165, 1.54) is 0 Å². The van der Waals surface area contributed by atoms with E-state index in [4.69, 9.17) is 0 Å². The number of benzene rings is 1. The Hall–Kier alpha value is -1.68. The van der Waals surface area contributed by atoms with Gasteiger partial charge >= 0.3 is 0 Å². The van der Waals surface area contributed by atoms with Gasteiger partial charge < -0.3 is 5.32 Å². The standard InChI is InChI=1S/C14H13BrN2O/c1-10-2-3-12(9-13(10)15)17-14(18)8-11-4-6-16-7-5-11/h2-7,9H,8H2,1H3,(H,17,18). The summed E-state index contributed by atoms with van der Waals surface area (Å²) in [5.74, 6) is -0.0306. The lowest BCUT2D eigenvalue weighted by atomic mass is 10.2. The van der Waals surface area contributed by atoms with E-state index in [-0.39, 0.29) is 5.91 Å². The lowest BCUT2D eigenvalue weighted by Crippen LogP contribution is -2.14. The Labute approximate surface area is 114 Å². The van der Waals surface area contributed by atoms with E-state index in [0.29, 0.717) is 6.42 Å². The zero-order chi connectivity index (χ0) is 13.0. The Kier molecular flexibility index (Phi) is 4.10. The molecule has 0 radical (unpaired) electrons. The number of nitrogens with zero attached hydrogens (tertiary/aromatic N) is 1. The van der Waals surface area contributed by atoms with Crippen LogP contribution in [-0.2, 0) is 11.2 Å². The molecule has 2 rings (SSSR count). The molecule has 0 saturated heterocycles. The number of aryl methyl sites for hydroxylation is 1. The maximum atomic E-state index is 11.8. The molecule has 1 aromatic carbocycles.